The average molecular weight is 157 g/mol. The molecular weight excluding hydrogens is 147 g/mol. The highest BCUT2D eigenvalue weighted by Crippen LogP contribution is 2.12. The van der Waals surface area contributed by atoms with E-state index in [1.165, 1.54) is 6.07 Å². The Bertz CT molecular complexity index is 220. The second-order valence-electron chi connectivity index (χ2n) is 2.25. The molecule has 0 amide bonds. The van der Waals surface area contributed by atoms with Crippen LogP contribution < -0.4 is 0 Å². The van der Waals surface area contributed by atoms with E-state index in [4.69, 9.17) is 0 Å². The van der Waals surface area contributed by atoms with Crippen molar-refractivity contribution in [1.82, 2.24) is 0 Å². The van der Waals surface area contributed by atoms with Gasteiger partial charge in [-0.1, -0.05) is 12.1 Å². The van der Waals surface area contributed by atoms with Gasteiger partial charge in [0.05, 0.1) is 0 Å². The van der Waals surface area contributed by atoms with Crippen LogP contribution in [0.15, 0.2) is 29.2 Å². The lowest BCUT2D eigenvalue weighted by Crippen LogP contribution is -1.98. The largest absolute Gasteiger partial charge is 0.201 e. The highest BCUT2D eigenvalue weighted by atomic mass is 32.2. The van der Waals surface area contributed by atoms with E-state index in [0.29, 0.717) is 0 Å². The summed E-state index contributed by atoms with van der Waals surface area (Å²) in [5.74, 6) is -0.0872. The van der Waals surface area contributed by atoms with Gasteiger partial charge in [0, 0.05) is 10.9 Å². The zero-order valence-electron chi connectivity index (χ0n) is 6.10. The lowest BCUT2D eigenvalue weighted by Gasteiger charge is -1.95. The summed E-state index contributed by atoms with van der Waals surface area (Å²) in [6, 6.07) is 6.91. The van der Waals surface area contributed by atoms with Crippen LogP contribution in [-0.2, 0) is 10.9 Å². The molecule has 0 nitrogen and oxygen atoms in total. The molecule has 0 aliphatic rings. The summed E-state index contributed by atoms with van der Waals surface area (Å²) in [7, 11) is 0.0345. The van der Waals surface area contributed by atoms with Gasteiger partial charge >= 0.3 is 0 Å². The van der Waals surface area contributed by atoms with Crippen LogP contribution in [0.1, 0.15) is 0 Å². The molecule has 1 aromatic rings. The third-order valence-electron chi connectivity index (χ3n) is 1.28. The molecule has 0 saturated carbocycles. The third-order valence-corrected chi connectivity index (χ3v) is 2.49. The first-order valence-electron chi connectivity index (χ1n) is 3.04. The number of halogens is 1. The molecule has 54 valence electrons. The molecule has 0 saturated heterocycles. The van der Waals surface area contributed by atoms with Crippen LogP contribution in [0.25, 0.3) is 0 Å². The summed E-state index contributed by atoms with van der Waals surface area (Å²) in [4.78, 5) is 0.822. The topological polar surface area (TPSA) is 0 Å². The Morgan fingerprint density at radius 3 is 2.20 bits per heavy atom. The standard InChI is InChI=1S/C8H10FS/c1-10(2)8-6-4-3-5-7(8)9/h3-6H,1-2H3/q+1. The molecule has 10 heavy (non-hydrogen) atoms. The van der Waals surface area contributed by atoms with Crippen LogP contribution in [0.4, 0.5) is 4.39 Å². The van der Waals surface area contributed by atoms with Gasteiger partial charge in [-0.2, -0.15) is 0 Å². The molecule has 0 fully saturated rings. The molecule has 0 aromatic heterocycles. The zero-order valence-corrected chi connectivity index (χ0v) is 6.91. The Balaban J connectivity index is 3.03. The highest BCUT2D eigenvalue weighted by molar-refractivity contribution is 7.95. The van der Waals surface area contributed by atoms with Gasteiger partial charge in [-0.3, -0.25) is 0 Å². The van der Waals surface area contributed by atoms with Gasteiger partial charge in [0.1, 0.15) is 12.5 Å². The van der Waals surface area contributed by atoms with Crippen molar-refractivity contribution in [3.05, 3.63) is 30.1 Å². The van der Waals surface area contributed by atoms with Crippen LogP contribution in [0.3, 0.4) is 0 Å². The van der Waals surface area contributed by atoms with Crippen LogP contribution >= 0.6 is 0 Å². The van der Waals surface area contributed by atoms with Crippen molar-refractivity contribution >= 4 is 10.9 Å². The fourth-order valence-corrected chi connectivity index (χ4v) is 1.58. The number of rotatable bonds is 1. The van der Waals surface area contributed by atoms with Crippen molar-refractivity contribution < 1.29 is 4.39 Å². The lowest BCUT2D eigenvalue weighted by molar-refractivity contribution is 0.601. The molecule has 0 spiro atoms. The van der Waals surface area contributed by atoms with Crippen molar-refractivity contribution in [2.24, 2.45) is 0 Å². The van der Waals surface area contributed by atoms with Crippen LogP contribution in [-0.4, -0.2) is 12.5 Å². The second-order valence-corrected chi connectivity index (χ2v) is 4.32. The van der Waals surface area contributed by atoms with Crippen LogP contribution in [0, 0.1) is 5.82 Å². The maximum absolute atomic E-state index is 12.8. The summed E-state index contributed by atoms with van der Waals surface area (Å²) >= 11 is 0. The minimum Gasteiger partial charge on any atom is -0.201 e. The molecule has 0 atom stereocenters. The van der Waals surface area contributed by atoms with E-state index < -0.39 is 0 Å². The fraction of sp³-hybridized carbons (Fsp3) is 0.250. The molecule has 0 aliphatic carbocycles. The molecule has 1 rings (SSSR count). The van der Waals surface area contributed by atoms with Crippen LogP contribution in [0.5, 0.6) is 0 Å². The second kappa shape index (κ2) is 3.06. The summed E-state index contributed by atoms with van der Waals surface area (Å²) < 4.78 is 12.8. The third kappa shape index (κ3) is 1.51. The maximum Gasteiger partial charge on any atom is 0.190 e. The monoisotopic (exact) mass is 157 g/mol. The highest BCUT2D eigenvalue weighted by Gasteiger charge is 2.12. The Kier molecular flexibility index (Phi) is 2.33. The summed E-state index contributed by atoms with van der Waals surface area (Å²) in [5.41, 5.74) is 0. The summed E-state index contributed by atoms with van der Waals surface area (Å²) in [5, 5.41) is 0. The van der Waals surface area contributed by atoms with E-state index in [1.807, 2.05) is 24.6 Å². The summed E-state index contributed by atoms with van der Waals surface area (Å²) in [6.07, 6.45) is 4.02. The SMILES string of the molecule is C[S+](C)c1ccccc1F. The Labute approximate surface area is 63.4 Å². The number of hydrogen-bond acceptors (Lipinski definition) is 0. The van der Waals surface area contributed by atoms with Crippen LogP contribution in [0.2, 0.25) is 0 Å². The van der Waals surface area contributed by atoms with Gasteiger partial charge in [-0.25, -0.2) is 4.39 Å². The summed E-state index contributed by atoms with van der Waals surface area (Å²) in [6.45, 7) is 0. The van der Waals surface area contributed by atoms with Crippen molar-refractivity contribution in [2.45, 2.75) is 4.90 Å². The molecule has 0 unspecified atom stereocenters. The smallest absolute Gasteiger partial charge is 0.190 e. The quantitative estimate of drug-likeness (QED) is 0.547. The molecule has 1 aromatic carbocycles. The predicted octanol–water partition coefficient (Wildman–Crippen LogP) is 2.06. The minimum atomic E-state index is -0.0872. The molecule has 0 radical (unpaired) electrons. The van der Waals surface area contributed by atoms with E-state index >= 15 is 0 Å². The van der Waals surface area contributed by atoms with Gasteiger partial charge < -0.3 is 0 Å². The van der Waals surface area contributed by atoms with Crippen molar-refractivity contribution in [1.29, 1.82) is 0 Å². The number of benzene rings is 1. The molecule has 0 heterocycles. The van der Waals surface area contributed by atoms with Gasteiger partial charge in [0.15, 0.2) is 10.7 Å². The Morgan fingerprint density at radius 2 is 1.80 bits per heavy atom. The molecule has 0 aliphatic heterocycles. The molecule has 0 N–H and O–H groups in total. The van der Waals surface area contributed by atoms with Gasteiger partial charge in [0.25, 0.3) is 0 Å². The van der Waals surface area contributed by atoms with E-state index in [-0.39, 0.29) is 16.7 Å². The predicted molar refractivity (Wildman–Crippen MR) is 43.9 cm³/mol. The average Bonchev–Trinajstić information content (AvgIpc) is 1.88. The van der Waals surface area contributed by atoms with Crippen molar-refractivity contribution in [3.8, 4) is 0 Å². The fourth-order valence-electron chi connectivity index (χ4n) is 0.776. The van der Waals surface area contributed by atoms with Crippen molar-refractivity contribution in [3.63, 3.8) is 0 Å². The van der Waals surface area contributed by atoms with Crippen molar-refractivity contribution in [2.75, 3.05) is 12.5 Å². The van der Waals surface area contributed by atoms with Gasteiger partial charge in [-0.15, -0.1) is 0 Å². The van der Waals surface area contributed by atoms with E-state index in [9.17, 15) is 4.39 Å². The zero-order chi connectivity index (χ0) is 7.56. The van der Waals surface area contributed by atoms with Gasteiger partial charge in [0.2, 0.25) is 0 Å². The first kappa shape index (κ1) is 7.61. The lowest BCUT2D eigenvalue weighted by atomic mass is 10.3. The number of hydrogen-bond donors (Lipinski definition) is 0. The molecule has 0 bridgehead atoms. The first-order valence-corrected chi connectivity index (χ1v) is 5.08. The van der Waals surface area contributed by atoms with E-state index in [1.54, 1.807) is 6.07 Å². The Hall–Kier alpha value is -0.500. The molecular formula is C8H10FS+. The first-order chi connectivity index (χ1) is 4.72. The van der Waals surface area contributed by atoms with E-state index in [0.717, 1.165) is 4.90 Å². The maximum atomic E-state index is 12.8. The van der Waals surface area contributed by atoms with E-state index in [2.05, 4.69) is 0 Å². The normalized spacial score (nSPS) is 10.4. The van der Waals surface area contributed by atoms with Gasteiger partial charge in [-0.05, 0) is 12.1 Å². The Morgan fingerprint density at radius 1 is 1.20 bits per heavy atom. The minimum absolute atomic E-state index is 0.0345. The molecule has 2 heteroatoms.